The van der Waals surface area contributed by atoms with Crippen molar-refractivity contribution in [3.8, 4) is 0 Å². The molecule has 2 rings (SSSR count). The minimum Gasteiger partial charge on any atom is -0.450 e. The van der Waals surface area contributed by atoms with Gasteiger partial charge in [0.15, 0.2) is 0 Å². The number of ether oxygens (including phenoxy) is 2. The summed E-state index contributed by atoms with van der Waals surface area (Å²) in [6, 6.07) is 0. The number of rotatable bonds is 3. The Morgan fingerprint density at radius 1 is 1.39 bits per heavy atom. The highest BCUT2D eigenvalue weighted by Gasteiger charge is 2.57. The molecule has 4 unspecified atom stereocenters. The molecule has 2 aliphatic heterocycles. The molecular formula is C12H17F3O3. The van der Waals surface area contributed by atoms with E-state index in [0.29, 0.717) is 6.42 Å². The topological polar surface area (TPSA) is 35.5 Å². The monoisotopic (exact) mass is 266 g/mol. The van der Waals surface area contributed by atoms with Gasteiger partial charge in [0.2, 0.25) is 5.60 Å². The van der Waals surface area contributed by atoms with E-state index >= 15 is 0 Å². The molecule has 0 aromatic carbocycles. The largest absolute Gasteiger partial charge is 0.450 e. The van der Waals surface area contributed by atoms with E-state index in [4.69, 9.17) is 4.74 Å². The van der Waals surface area contributed by atoms with E-state index in [0.717, 1.165) is 26.7 Å². The molecule has 2 heterocycles. The molecule has 0 N–H and O–H groups in total. The van der Waals surface area contributed by atoms with E-state index in [2.05, 4.69) is 4.74 Å². The maximum Gasteiger partial charge on any atom is 0.428 e. The van der Waals surface area contributed by atoms with Crippen molar-refractivity contribution >= 4 is 5.97 Å². The van der Waals surface area contributed by atoms with E-state index < -0.39 is 17.7 Å². The lowest BCUT2D eigenvalue weighted by molar-refractivity contribution is -0.268. The van der Waals surface area contributed by atoms with Crippen LogP contribution in [0.15, 0.2) is 0 Å². The van der Waals surface area contributed by atoms with Gasteiger partial charge in [0, 0.05) is 13.3 Å². The van der Waals surface area contributed by atoms with Crippen molar-refractivity contribution in [2.24, 2.45) is 5.92 Å². The number of alkyl halides is 3. The van der Waals surface area contributed by atoms with Crippen molar-refractivity contribution in [2.45, 2.75) is 63.5 Å². The van der Waals surface area contributed by atoms with Crippen LogP contribution in [0.3, 0.4) is 0 Å². The lowest BCUT2D eigenvalue weighted by atomic mass is 9.81. The first-order valence-electron chi connectivity index (χ1n) is 6.13. The molecule has 4 atom stereocenters. The normalized spacial score (nSPS) is 34.4. The third-order valence-corrected chi connectivity index (χ3v) is 3.85. The van der Waals surface area contributed by atoms with Gasteiger partial charge in [0.1, 0.15) is 0 Å². The van der Waals surface area contributed by atoms with Gasteiger partial charge in [-0.25, -0.2) is 0 Å². The van der Waals surface area contributed by atoms with E-state index in [1.807, 2.05) is 0 Å². The van der Waals surface area contributed by atoms with Crippen LogP contribution in [0.1, 0.15) is 39.5 Å². The van der Waals surface area contributed by atoms with Crippen LogP contribution in [0.25, 0.3) is 0 Å². The fourth-order valence-corrected chi connectivity index (χ4v) is 2.99. The molecule has 0 spiro atoms. The average Bonchev–Trinajstić information content (AvgIpc) is 2.75. The molecule has 2 bridgehead atoms. The zero-order chi connectivity index (χ0) is 13.6. The molecule has 0 aromatic rings. The van der Waals surface area contributed by atoms with Gasteiger partial charge in [-0.05, 0) is 32.1 Å². The summed E-state index contributed by atoms with van der Waals surface area (Å²) in [5, 5.41) is 0. The van der Waals surface area contributed by atoms with Gasteiger partial charge in [-0.1, -0.05) is 0 Å². The number of hydrogen-bond acceptors (Lipinski definition) is 3. The van der Waals surface area contributed by atoms with Crippen LogP contribution in [-0.4, -0.2) is 30.0 Å². The summed E-state index contributed by atoms with van der Waals surface area (Å²) in [7, 11) is 0. The second-order valence-electron chi connectivity index (χ2n) is 5.40. The molecule has 0 aliphatic carbocycles. The predicted molar refractivity (Wildman–Crippen MR) is 56.8 cm³/mol. The van der Waals surface area contributed by atoms with E-state index in [1.54, 1.807) is 0 Å². The fourth-order valence-electron chi connectivity index (χ4n) is 2.99. The first kappa shape index (κ1) is 13.6. The SMILES string of the molecule is CC(=O)OC(C)(CC1CC2CCC1O2)C(F)(F)F. The molecule has 0 saturated carbocycles. The van der Waals surface area contributed by atoms with Crippen LogP contribution in [-0.2, 0) is 14.3 Å². The van der Waals surface area contributed by atoms with Crippen LogP contribution in [0.4, 0.5) is 13.2 Å². The maximum atomic E-state index is 13.0. The lowest BCUT2D eigenvalue weighted by Crippen LogP contribution is -2.48. The van der Waals surface area contributed by atoms with Crippen LogP contribution >= 0.6 is 0 Å². The molecule has 18 heavy (non-hydrogen) atoms. The van der Waals surface area contributed by atoms with Crippen LogP contribution < -0.4 is 0 Å². The van der Waals surface area contributed by atoms with Gasteiger partial charge < -0.3 is 9.47 Å². The summed E-state index contributed by atoms with van der Waals surface area (Å²) < 4.78 is 49.2. The Balaban J connectivity index is 2.08. The number of carbonyl (C=O) groups excluding carboxylic acids is 1. The van der Waals surface area contributed by atoms with Crippen LogP contribution in [0.2, 0.25) is 0 Å². The second kappa shape index (κ2) is 4.40. The quantitative estimate of drug-likeness (QED) is 0.737. The summed E-state index contributed by atoms with van der Waals surface area (Å²) in [5.41, 5.74) is -2.41. The minimum absolute atomic E-state index is 0.0924. The smallest absolute Gasteiger partial charge is 0.428 e. The highest BCUT2D eigenvalue weighted by atomic mass is 19.4. The van der Waals surface area contributed by atoms with E-state index in [9.17, 15) is 18.0 Å². The standard InChI is InChI=1S/C12H17F3O3/c1-7(16)18-11(2,12(13,14)15)6-8-5-9-3-4-10(8)17-9/h8-10H,3-6H2,1-2H3. The molecule has 0 aromatic heterocycles. The van der Waals surface area contributed by atoms with Crippen LogP contribution in [0.5, 0.6) is 0 Å². The number of halogens is 3. The van der Waals surface area contributed by atoms with Gasteiger partial charge in [-0.2, -0.15) is 13.2 Å². The average molecular weight is 266 g/mol. The summed E-state index contributed by atoms with van der Waals surface area (Å²) in [5.74, 6) is -1.08. The van der Waals surface area contributed by atoms with Gasteiger partial charge in [-0.3, -0.25) is 4.79 Å². The Kier molecular flexibility index (Phi) is 3.34. The summed E-state index contributed by atoms with van der Waals surface area (Å²) >= 11 is 0. The molecule has 6 heteroatoms. The van der Waals surface area contributed by atoms with Crippen molar-refractivity contribution in [1.29, 1.82) is 0 Å². The van der Waals surface area contributed by atoms with Gasteiger partial charge in [0.05, 0.1) is 12.2 Å². The predicted octanol–water partition coefficient (Wildman–Crippen LogP) is 2.83. The van der Waals surface area contributed by atoms with Crippen molar-refractivity contribution in [3.63, 3.8) is 0 Å². The maximum absolute atomic E-state index is 13.0. The minimum atomic E-state index is -4.56. The molecule has 2 fully saturated rings. The Labute approximate surface area is 104 Å². The second-order valence-corrected chi connectivity index (χ2v) is 5.40. The first-order valence-corrected chi connectivity index (χ1v) is 6.13. The fraction of sp³-hybridized carbons (Fsp3) is 0.917. The molecule has 3 nitrogen and oxygen atoms in total. The molecule has 2 aliphatic rings. The Morgan fingerprint density at radius 3 is 2.44 bits per heavy atom. The molecule has 104 valence electrons. The molecule has 0 amide bonds. The van der Waals surface area contributed by atoms with Crippen molar-refractivity contribution in [1.82, 2.24) is 0 Å². The van der Waals surface area contributed by atoms with Crippen molar-refractivity contribution < 1.29 is 27.4 Å². The third kappa shape index (κ3) is 2.48. The van der Waals surface area contributed by atoms with Crippen molar-refractivity contribution in [2.75, 3.05) is 0 Å². The highest BCUT2D eigenvalue weighted by molar-refractivity contribution is 5.66. The summed E-state index contributed by atoms with van der Waals surface area (Å²) in [6.45, 7) is 1.95. The number of hydrogen-bond donors (Lipinski definition) is 0. The van der Waals surface area contributed by atoms with Crippen molar-refractivity contribution in [3.05, 3.63) is 0 Å². The lowest BCUT2D eigenvalue weighted by Gasteiger charge is -2.34. The van der Waals surface area contributed by atoms with Gasteiger partial charge >= 0.3 is 12.1 Å². The van der Waals surface area contributed by atoms with Gasteiger partial charge in [-0.15, -0.1) is 0 Å². The van der Waals surface area contributed by atoms with E-state index in [-0.39, 0.29) is 24.5 Å². The summed E-state index contributed by atoms with van der Waals surface area (Å²) in [4.78, 5) is 10.9. The van der Waals surface area contributed by atoms with E-state index in [1.165, 1.54) is 0 Å². The molecule has 2 saturated heterocycles. The number of carbonyl (C=O) groups is 1. The Morgan fingerprint density at radius 2 is 2.06 bits per heavy atom. The Hall–Kier alpha value is -0.780. The number of fused-ring (bicyclic) bond motifs is 2. The zero-order valence-corrected chi connectivity index (χ0v) is 10.4. The van der Waals surface area contributed by atoms with Gasteiger partial charge in [0.25, 0.3) is 0 Å². The highest BCUT2D eigenvalue weighted by Crippen LogP contribution is 2.46. The zero-order valence-electron chi connectivity index (χ0n) is 10.4. The third-order valence-electron chi connectivity index (χ3n) is 3.85. The summed E-state index contributed by atoms with van der Waals surface area (Å²) in [6.07, 6.45) is -2.40. The molecule has 0 radical (unpaired) electrons. The number of esters is 1. The Bertz CT molecular complexity index is 342. The van der Waals surface area contributed by atoms with Crippen LogP contribution in [0, 0.1) is 5.92 Å². The molecular weight excluding hydrogens is 249 g/mol. The first-order chi connectivity index (χ1) is 8.21.